The monoisotopic (exact) mass is 352 g/mol. The van der Waals surface area contributed by atoms with Gasteiger partial charge in [-0.3, -0.25) is 9.59 Å². The Morgan fingerprint density at radius 1 is 1.08 bits per heavy atom. The molecule has 0 saturated carbocycles. The van der Waals surface area contributed by atoms with Crippen LogP contribution in [0.2, 0.25) is 0 Å². The van der Waals surface area contributed by atoms with Gasteiger partial charge in [0.2, 0.25) is 0 Å². The average Bonchev–Trinajstić information content (AvgIpc) is 2.66. The topological polar surface area (TPSA) is 88.4 Å². The highest BCUT2D eigenvalue weighted by Gasteiger charge is 2.14. The third kappa shape index (κ3) is 6.29. The SMILES string of the molecule is CC(CC(=O)OCCOc1ccc(C#N)cc1)NC(=O)c1ccccc1. The first kappa shape index (κ1) is 19.0. The molecule has 0 aliphatic heterocycles. The molecule has 2 aromatic carbocycles. The summed E-state index contributed by atoms with van der Waals surface area (Å²) in [5.41, 5.74) is 1.10. The first-order chi connectivity index (χ1) is 12.6. The van der Waals surface area contributed by atoms with Crippen LogP contribution in [0.5, 0.6) is 5.75 Å². The number of hydrogen-bond acceptors (Lipinski definition) is 5. The normalized spacial score (nSPS) is 11.1. The average molecular weight is 352 g/mol. The van der Waals surface area contributed by atoms with Gasteiger partial charge in [-0.25, -0.2) is 0 Å². The second kappa shape index (κ2) is 9.84. The largest absolute Gasteiger partial charge is 0.490 e. The van der Waals surface area contributed by atoms with E-state index in [0.717, 1.165) is 0 Å². The van der Waals surface area contributed by atoms with Gasteiger partial charge in [0.15, 0.2) is 0 Å². The molecule has 0 aliphatic rings. The Morgan fingerprint density at radius 2 is 1.77 bits per heavy atom. The number of benzene rings is 2. The maximum Gasteiger partial charge on any atom is 0.307 e. The molecule has 1 unspecified atom stereocenters. The Bertz CT molecular complexity index is 767. The number of nitriles is 1. The van der Waals surface area contributed by atoms with Gasteiger partial charge in [0.25, 0.3) is 5.91 Å². The van der Waals surface area contributed by atoms with E-state index < -0.39 is 5.97 Å². The van der Waals surface area contributed by atoms with Crippen LogP contribution >= 0.6 is 0 Å². The summed E-state index contributed by atoms with van der Waals surface area (Å²) in [6.07, 6.45) is 0.0788. The van der Waals surface area contributed by atoms with Crippen LogP contribution in [-0.2, 0) is 9.53 Å². The van der Waals surface area contributed by atoms with Crippen LogP contribution in [0, 0.1) is 11.3 Å². The molecular weight excluding hydrogens is 332 g/mol. The summed E-state index contributed by atoms with van der Waals surface area (Å²) >= 11 is 0. The fraction of sp³-hybridized carbons (Fsp3) is 0.250. The van der Waals surface area contributed by atoms with Crippen molar-refractivity contribution in [1.29, 1.82) is 5.26 Å². The highest BCUT2D eigenvalue weighted by atomic mass is 16.6. The van der Waals surface area contributed by atoms with Gasteiger partial charge in [0.05, 0.1) is 18.1 Å². The van der Waals surface area contributed by atoms with Crippen LogP contribution in [0.3, 0.4) is 0 Å². The quantitative estimate of drug-likeness (QED) is 0.583. The van der Waals surface area contributed by atoms with Crippen molar-refractivity contribution in [3.8, 4) is 11.8 Å². The summed E-state index contributed by atoms with van der Waals surface area (Å²) in [6.45, 7) is 2.07. The lowest BCUT2D eigenvalue weighted by Crippen LogP contribution is -2.34. The molecule has 26 heavy (non-hydrogen) atoms. The lowest BCUT2D eigenvalue weighted by atomic mass is 10.2. The maximum atomic E-state index is 12.0. The van der Waals surface area contributed by atoms with Crippen LogP contribution in [0.25, 0.3) is 0 Å². The molecule has 0 radical (unpaired) electrons. The van der Waals surface area contributed by atoms with E-state index in [-0.39, 0.29) is 31.6 Å². The number of hydrogen-bond donors (Lipinski definition) is 1. The molecular formula is C20H20N2O4. The molecule has 1 N–H and O–H groups in total. The minimum Gasteiger partial charge on any atom is -0.490 e. The number of nitrogens with one attached hydrogen (secondary N) is 1. The lowest BCUT2D eigenvalue weighted by molar-refractivity contribution is -0.144. The predicted molar refractivity (Wildman–Crippen MR) is 95.6 cm³/mol. The summed E-state index contributed by atoms with van der Waals surface area (Å²) < 4.78 is 10.5. The molecule has 0 aromatic heterocycles. The maximum absolute atomic E-state index is 12.0. The van der Waals surface area contributed by atoms with Crippen molar-refractivity contribution >= 4 is 11.9 Å². The summed E-state index contributed by atoms with van der Waals surface area (Å²) in [6, 6.07) is 17.2. The highest BCUT2D eigenvalue weighted by molar-refractivity contribution is 5.94. The van der Waals surface area contributed by atoms with Crippen LogP contribution in [-0.4, -0.2) is 31.1 Å². The predicted octanol–water partition coefficient (Wildman–Crippen LogP) is 2.69. The van der Waals surface area contributed by atoms with Crippen LogP contribution in [0.1, 0.15) is 29.3 Å². The highest BCUT2D eigenvalue weighted by Crippen LogP contribution is 2.11. The zero-order valence-electron chi connectivity index (χ0n) is 14.5. The Labute approximate surface area is 152 Å². The molecule has 2 rings (SSSR count). The van der Waals surface area contributed by atoms with Gasteiger partial charge < -0.3 is 14.8 Å². The molecule has 1 atom stereocenters. The molecule has 6 nitrogen and oxygen atoms in total. The van der Waals surface area contributed by atoms with Crippen LogP contribution in [0.4, 0.5) is 0 Å². The summed E-state index contributed by atoms with van der Waals surface area (Å²) in [7, 11) is 0. The molecule has 0 spiro atoms. The van der Waals surface area contributed by atoms with E-state index in [1.165, 1.54) is 0 Å². The third-order valence-corrected chi connectivity index (χ3v) is 3.48. The van der Waals surface area contributed by atoms with E-state index in [1.807, 2.05) is 12.1 Å². The van der Waals surface area contributed by atoms with E-state index in [0.29, 0.717) is 16.9 Å². The Hall–Kier alpha value is -3.33. The fourth-order valence-corrected chi connectivity index (χ4v) is 2.20. The van der Waals surface area contributed by atoms with Crippen LogP contribution < -0.4 is 10.1 Å². The van der Waals surface area contributed by atoms with E-state index >= 15 is 0 Å². The number of nitrogens with zero attached hydrogens (tertiary/aromatic N) is 1. The van der Waals surface area contributed by atoms with Crippen molar-refractivity contribution in [3.05, 3.63) is 65.7 Å². The van der Waals surface area contributed by atoms with Crippen molar-refractivity contribution in [2.75, 3.05) is 13.2 Å². The molecule has 0 fully saturated rings. The van der Waals surface area contributed by atoms with E-state index in [1.54, 1.807) is 55.5 Å². The molecule has 134 valence electrons. The summed E-state index contributed by atoms with van der Waals surface area (Å²) in [5.74, 6) is -0.0344. The third-order valence-electron chi connectivity index (χ3n) is 3.48. The molecule has 0 saturated heterocycles. The van der Waals surface area contributed by atoms with Gasteiger partial charge in [0.1, 0.15) is 19.0 Å². The molecule has 0 aliphatic carbocycles. The van der Waals surface area contributed by atoms with Gasteiger partial charge >= 0.3 is 5.97 Å². The van der Waals surface area contributed by atoms with Gasteiger partial charge in [-0.2, -0.15) is 5.26 Å². The van der Waals surface area contributed by atoms with Gasteiger partial charge in [-0.15, -0.1) is 0 Å². The number of carbonyl (C=O) groups is 2. The van der Waals surface area contributed by atoms with Crippen molar-refractivity contribution < 1.29 is 19.1 Å². The number of ether oxygens (including phenoxy) is 2. The smallest absolute Gasteiger partial charge is 0.307 e. The number of rotatable bonds is 8. The molecule has 2 aromatic rings. The standard InChI is InChI=1S/C20H20N2O4/c1-15(22-20(24)17-5-3-2-4-6-17)13-19(23)26-12-11-25-18-9-7-16(14-21)8-10-18/h2-10,15H,11-13H2,1H3,(H,22,24). The van der Waals surface area contributed by atoms with Gasteiger partial charge in [0, 0.05) is 11.6 Å². The van der Waals surface area contributed by atoms with E-state index in [2.05, 4.69) is 5.32 Å². The second-order valence-electron chi connectivity index (χ2n) is 5.65. The molecule has 1 amide bonds. The first-order valence-electron chi connectivity index (χ1n) is 8.23. The van der Waals surface area contributed by atoms with Gasteiger partial charge in [-0.05, 0) is 43.3 Å². The zero-order valence-corrected chi connectivity index (χ0v) is 14.5. The zero-order chi connectivity index (χ0) is 18.8. The van der Waals surface area contributed by atoms with E-state index in [4.69, 9.17) is 14.7 Å². The Balaban J connectivity index is 1.64. The first-order valence-corrected chi connectivity index (χ1v) is 8.23. The Kier molecular flexibility index (Phi) is 7.19. The molecule has 6 heteroatoms. The van der Waals surface area contributed by atoms with Crippen molar-refractivity contribution in [2.24, 2.45) is 0 Å². The number of carbonyl (C=O) groups excluding carboxylic acids is 2. The molecule has 0 bridgehead atoms. The van der Waals surface area contributed by atoms with Crippen molar-refractivity contribution in [1.82, 2.24) is 5.32 Å². The van der Waals surface area contributed by atoms with Crippen molar-refractivity contribution in [2.45, 2.75) is 19.4 Å². The Morgan fingerprint density at radius 3 is 2.42 bits per heavy atom. The molecule has 0 heterocycles. The fourth-order valence-electron chi connectivity index (χ4n) is 2.20. The van der Waals surface area contributed by atoms with Gasteiger partial charge in [-0.1, -0.05) is 18.2 Å². The minimum absolute atomic E-state index is 0.0788. The second-order valence-corrected chi connectivity index (χ2v) is 5.65. The van der Waals surface area contributed by atoms with E-state index in [9.17, 15) is 9.59 Å². The summed E-state index contributed by atoms with van der Waals surface area (Å²) in [4.78, 5) is 23.8. The minimum atomic E-state index is -0.408. The van der Waals surface area contributed by atoms with Crippen LogP contribution in [0.15, 0.2) is 54.6 Å². The summed E-state index contributed by atoms with van der Waals surface area (Å²) in [5, 5.41) is 11.5. The number of amides is 1. The number of esters is 1. The van der Waals surface area contributed by atoms with Crippen molar-refractivity contribution in [3.63, 3.8) is 0 Å². The lowest BCUT2D eigenvalue weighted by Gasteiger charge is -2.13.